The molecule has 2 unspecified atom stereocenters. The highest BCUT2D eigenvalue weighted by atomic mass is 19.4. The van der Waals surface area contributed by atoms with Crippen LogP contribution in [0.15, 0.2) is 24.3 Å². The predicted octanol–water partition coefficient (Wildman–Crippen LogP) is 3.73. The first-order valence-corrected chi connectivity index (χ1v) is 6.74. The van der Waals surface area contributed by atoms with E-state index >= 15 is 0 Å². The average molecular weight is 288 g/mol. The van der Waals surface area contributed by atoms with E-state index in [1.54, 1.807) is 0 Å². The van der Waals surface area contributed by atoms with Gasteiger partial charge in [0.1, 0.15) is 0 Å². The van der Waals surface area contributed by atoms with Crippen LogP contribution in [-0.2, 0) is 16.5 Å². The Kier molecular flexibility index (Phi) is 4.12. The van der Waals surface area contributed by atoms with E-state index in [0.717, 1.165) is 12.1 Å². The van der Waals surface area contributed by atoms with Crippen LogP contribution in [0.3, 0.4) is 0 Å². The van der Waals surface area contributed by atoms with Gasteiger partial charge in [0.25, 0.3) is 0 Å². The molecule has 0 aliphatic carbocycles. The molecule has 0 bridgehead atoms. The molecule has 0 amide bonds. The largest absolute Gasteiger partial charge is 0.416 e. The predicted molar refractivity (Wildman–Crippen MR) is 69.2 cm³/mol. The topological polar surface area (TPSA) is 29.5 Å². The average Bonchev–Trinajstić information content (AvgIpc) is 2.38. The molecule has 1 saturated heterocycles. The summed E-state index contributed by atoms with van der Waals surface area (Å²) in [4.78, 5) is 0. The fourth-order valence-electron chi connectivity index (χ4n) is 2.53. The van der Waals surface area contributed by atoms with Crippen molar-refractivity contribution in [2.24, 2.45) is 5.92 Å². The fourth-order valence-corrected chi connectivity index (χ4v) is 2.53. The van der Waals surface area contributed by atoms with E-state index in [1.807, 2.05) is 13.8 Å². The third-order valence-electron chi connectivity index (χ3n) is 3.88. The number of ether oxygens (including phenoxy) is 1. The molecule has 0 saturated carbocycles. The van der Waals surface area contributed by atoms with Gasteiger partial charge in [0, 0.05) is 12.8 Å². The molecular formula is C15H19F3O2. The number of hydrogen-bond acceptors (Lipinski definition) is 2. The van der Waals surface area contributed by atoms with Gasteiger partial charge in [-0.3, -0.25) is 0 Å². The Labute approximate surface area is 116 Å². The standard InChI is InChI=1S/C15H19F3O2/c1-10(2)13-9-14(19,7-8-20-13)11-3-5-12(6-4-11)15(16,17)18/h3-6,10,13,19H,7-9H2,1-2H3. The zero-order chi connectivity index (χ0) is 15.0. The summed E-state index contributed by atoms with van der Waals surface area (Å²) in [7, 11) is 0. The molecule has 0 aromatic heterocycles. The van der Waals surface area contributed by atoms with Gasteiger partial charge in [-0.1, -0.05) is 26.0 Å². The molecule has 112 valence electrons. The quantitative estimate of drug-likeness (QED) is 0.898. The van der Waals surface area contributed by atoms with Crippen LogP contribution in [0.2, 0.25) is 0 Å². The van der Waals surface area contributed by atoms with E-state index in [9.17, 15) is 18.3 Å². The molecule has 1 aliphatic rings. The summed E-state index contributed by atoms with van der Waals surface area (Å²) < 4.78 is 43.2. The number of hydrogen-bond donors (Lipinski definition) is 1. The maximum atomic E-state index is 12.5. The number of rotatable bonds is 2. The number of aliphatic hydroxyl groups is 1. The molecule has 2 atom stereocenters. The van der Waals surface area contributed by atoms with Gasteiger partial charge in [-0.15, -0.1) is 0 Å². The van der Waals surface area contributed by atoms with Crippen LogP contribution in [0.1, 0.15) is 37.8 Å². The van der Waals surface area contributed by atoms with Gasteiger partial charge in [0.05, 0.1) is 23.9 Å². The highest BCUT2D eigenvalue weighted by Gasteiger charge is 2.38. The summed E-state index contributed by atoms with van der Waals surface area (Å²) in [6.45, 7) is 4.42. The summed E-state index contributed by atoms with van der Waals surface area (Å²) in [6.07, 6.45) is -3.61. The number of benzene rings is 1. The molecule has 0 radical (unpaired) electrons. The highest BCUT2D eigenvalue weighted by Crippen LogP contribution is 2.38. The molecule has 2 rings (SSSR count). The SMILES string of the molecule is CC(C)C1CC(O)(c2ccc(C(F)(F)F)cc2)CCO1. The van der Waals surface area contributed by atoms with Gasteiger partial charge in [-0.05, 0) is 23.6 Å². The van der Waals surface area contributed by atoms with Crippen molar-refractivity contribution in [1.29, 1.82) is 0 Å². The molecule has 0 spiro atoms. The molecule has 5 heteroatoms. The molecule has 2 nitrogen and oxygen atoms in total. The Morgan fingerprint density at radius 3 is 2.35 bits per heavy atom. The first kappa shape index (κ1) is 15.3. The van der Waals surface area contributed by atoms with Gasteiger partial charge in [0.2, 0.25) is 0 Å². The van der Waals surface area contributed by atoms with Crippen LogP contribution in [0.5, 0.6) is 0 Å². The Morgan fingerprint density at radius 1 is 1.25 bits per heavy atom. The normalized spacial score (nSPS) is 27.9. The van der Waals surface area contributed by atoms with Crippen molar-refractivity contribution in [3.63, 3.8) is 0 Å². The minimum Gasteiger partial charge on any atom is -0.385 e. The van der Waals surface area contributed by atoms with Gasteiger partial charge in [0.15, 0.2) is 0 Å². The summed E-state index contributed by atoms with van der Waals surface area (Å²) in [6, 6.07) is 4.78. The van der Waals surface area contributed by atoms with Gasteiger partial charge < -0.3 is 9.84 Å². The second-order valence-electron chi connectivity index (χ2n) is 5.71. The van der Waals surface area contributed by atoms with Crippen LogP contribution < -0.4 is 0 Å². The van der Waals surface area contributed by atoms with Crippen LogP contribution >= 0.6 is 0 Å². The minimum absolute atomic E-state index is 0.0731. The van der Waals surface area contributed by atoms with Crippen LogP contribution in [0.25, 0.3) is 0 Å². The highest BCUT2D eigenvalue weighted by molar-refractivity contribution is 5.29. The molecule has 1 aromatic carbocycles. The third-order valence-corrected chi connectivity index (χ3v) is 3.88. The molecule has 1 heterocycles. The smallest absolute Gasteiger partial charge is 0.385 e. The lowest BCUT2D eigenvalue weighted by molar-refractivity contribution is -0.138. The molecule has 1 aromatic rings. The van der Waals surface area contributed by atoms with Gasteiger partial charge in [-0.25, -0.2) is 0 Å². The number of alkyl halides is 3. The van der Waals surface area contributed by atoms with E-state index in [0.29, 0.717) is 25.0 Å². The summed E-state index contributed by atoms with van der Waals surface area (Å²) in [5.41, 5.74) is -1.27. The summed E-state index contributed by atoms with van der Waals surface area (Å²) in [5, 5.41) is 10.7. The van der Waals surface area contributed by atoms with E-state index in [-0.39, 0.29) is 12.0 Å². The third kappa shape index (κ3) is 3.15. The van der Waals surface area contributed by atoms with E-state index in [1.165, 1.54) is 12.1 Å². The van der Waals surface area contributed by atoms with E-state index < -0.39 is 17.3 Å². The van der Waals surface area contributed by atoms with Crippen molar-refractivity contribution in [1.82, 2.24) is 0 Å². The van der Waals surface area contributed by atoms with Crippen molar-refractivity contribution in [3.05, 3.63) is 35.4 Å². The second kappa shape index (κ2) is 5.37. The first-order valence-electron chi connectivity index (χ1n) is 6.74. The Balaban J connectivity index is 2.21. The van der Waals surface area contributed by atoms with Crippen molar-refractivity contribution in [2.45, 2.75) is 44.6 Å². The van der Waals surface area contributed by atoms with Crippen LogP contribution in [-0.4, -0.2) is 17.8 Å². The lowest BCUT2D eigenvalue weighted by atomic mass is 9.81. The Morgan fingerprint density at radius 2 is 1.85 bits per heavy atom. The molecule has 1 fully saturated rings. The van der Waals surface area contributed by atoms with E-state index in [2.05, 4.69) is 0 Å². The number of halogens is 3. The van der Waals surface area contributed by atoms with Crippen molar-refractivity contribution in [3.8, 4) is 0 Å². The fraction of sp³-hybridized carbons (Fsp3) is 0.600. The van der Waals surface area contributed by atoms with E-state index in [4.69, 9.17) is 4.74 Å². The first-order chi connectivity index (χ1) is 9.22. The maximum Gasteiger partial charge on any atom is 0.416 e. The van der Waals surface area contributed by atoms with Gasteiger partial charge in [-0.2, -0.15) is 13.2 Å². The molecule has 1 N–H and O–H groups in total. The molecular weight excluding hydrogens is 269 g/mol. The van der Waals surface area contributed by atoms with Crippen LogP contribution in [0, 0.1) is 5.92 Å². The lowest BCUT2D eigenvalue weighted by Crippen LogP contribution is -2.40. The Hall–Kier alpha value is -1.07. The maximum absolute atomic E-state index is 12.5. The minimum atomic E-state index is -4.35. The summed E-state index contributed by atoms with van der Waals surface area (Å²) in [5.74, 6) is 0.260. The molecule has 20 heavy (non-hydrogen) atoms. The van der Waals surface area contributed by atoms with Crippen molar-refractivity contribution in [2.75, 3.05) is 6.61 Å². The Bertz CT molecular complexity index is 453. The monoisotopic (exact) mass is 288 g/mol. The van der Waals surface area contributed by atoms with Crippen LogP contribution in [0.4, 0.5) is 13.2 Å². The van der Waals surface area contributed by atoms with Crippen molar-refractivity contribution < 1.29 is 23.0 Å². The zero-order valence-corrected chi connectivity index (χ0v) is 11.6. The lowest BCUT2D eigenvalue weighted by Gasteiger charge is -2.39. The second-order valence-corrected chi connectivity index (χ2v) is 5.71. The van der Waals surface area contributed by atoms with Crippen molar-refractivity contribution >= 4 is 0 Å². The zero-order valence-electron chi connectivity index (χ0n) is 11.6. The molecule has 1 aliphatic heterocycles. The van der Waals surface area contributed by atoms with Gasteiger partial charge >= 0.3 is 6.18 Å². The summed E-state index contributed by atoms with van der Waals surface area (Å²) >= 11 is 0.